The number of hydrogen-bond acceptors (Lipinski definition) is 6. The van der Waals surface area contributed by atoms with Gasteiger partial charge in [0, 0.05) is 56.1 Å². The van der Waals surface area contributed by atoms with E-state index in [0.29, 0.717) is 23.1 Å². The molecule has 4 heterocycles. The minimum absolute atomic E-state index is 0.132. The monoisotopic (exact) mass is 555 g/mol. The highest BCUT2D eigenvalue weighted by molar-refractivity contribution is 6.04. The molecule has 2 aliphatic rings. The van der Waals surface area contributed by atoms with E-state index < -0.39 is 0 Å². The molecule has 0 spiro atoms. The van der Waals surface area contributed by atoms with Crippen molar-refractivity contribution in [3.8, 4) is 11.3 Å². The number of nitrogens with zero attached hydrogens (tertiary/aromatic N) is 6. The van der Waals surface area contributed by atoms with Gasteiger partial charge in [0.05, 0.1) is 29.0 Å². The number of pyridine rings is 1. The first kappa shape index (κ1) is 27.1. The summed E-state index contributed by atoms with van der Waals surface area (Å²) in [5.41, 5.74) is 5.83. The number of carbonyl (C=O) groups excluding carboxylic acids is 2. The molecule has 214 valence electrons. The van der Waals surface area contributed by atoms with Gasteiger partial charge < -0.3 is 14.6 Å². The van der Waals surface area contributed by atoms with E-state index in [1.807, 2.05) is 25.1 Å². The van der Waals surface area contributed by atoms with Gasteiger partial charge in [-0.2, -0.15) is 5.10 Å². The highest BCUT2D eigenvalue weighted by Crippen LogP contribution is 2.37. The van der Waals surface area contributed by atoms with Gasteiger partial charge in [0.1, 0.15) is 0 Å². The zero-order valence-corrected chi connectivity index (χ0v) is 23.9. The molecule has 0 atom stereocenters. The van der Waals surface area contributed by atoms with Gasteiger partial charge in [0.15, 0.2) is 0 Å². The van der Waals surface area contributed by atoms with E-state index in [9.17, 15) is 14.7 Å². The molecule has 0 unspecified atom stereocenters. The van der Waals surface area contributed by atoms with Gasteiger partial charge in [-0.05, 0) is 81.2 Å². The first-order chi connectivity index (χ1) is 19.7. The third kappa shape index (κ3) is 5.61. The summed E-state index contributed by atoms with van der Waals surface area (Å²) in [4.78, 5) is 36.9. The van der Waals surface area contributed by atoms with Crippen molar-refractivity contribution in [1.82, 2.24) is 29.2 Å². The molecule has 10 nitrogen and oxygen atoms in total. The number of rotatable bonds is 5. The maximum atomic E-state index is 13.6. The van der Waals surface area contributed by atoms with Gasteiger partial charge in [-0.25, -0.2) is 4.98 Å². The van der Waals surface area contributed by atoms with Gasteiger partial charge >= 0.3 is 0 Å². The van der Waals surface area contributed by atoms with E-state index in [1.54, 1.807) is 29.9 Å². The second-order valence-corrected chi connectivity index (χ2v) is 11.5. The summed E-state index contributed by atoms with van der Waals surface area (Å²) in [5, 5.41) is 17.5. The number of amides is 2. The second-order valence-electron chi connectivity index (χ2n) is 11.5. The molecular weight excluding hydrogens is 518 g/mol. The van der Waals surface area contributed by atoms with Crippen LogP contribution in [0, 0.1) is 6.92 Å². The molecule has 1 aromatic carbocycles. The minimum atomic E-state index is -0.280. The molecule has 0 radical (unpaired) electrons. The van der Waals surface area contributed by atoms with Crippen LogP contribution in [0.2, 0.25) is 0 Å². The van der Waals surface area contributed by atoms with E-state index in [2.05, 4.69) is 38.2 Å². The Kier molecular flexibility index (Phi) is 7.33. The predicted molar refractivity (Wildman–Crippen MR) is 157 cm³/mol. The molecule has 4 aromatic rings. The van der Waals surface area contributed by atoms with Crippen LogP contribution in [0.15, 0.2) is 42.7 Å². The molecule has 1 aliphatic carbocycles. The van der Waals surface area contributed by atoms with Crippen LogP contribution in [0.1, 0.15) is 79.0 Å². The van der Waals surface area contributed by atoms with Crippen LogP contribution in [0.25, 0.3) is 22.3 Å². The first-order valence-corrected chi connectivity index (χ1v) is 14.5. The summed E-state index contributed by atoms with van der Waals surface area (Å²) < 4.78 is 3.86. The van der Waals surface area contributed by atoms with Crippen molar-refractivity contribution in [2.75, 3.05) is 18.4 Å². The molecule has 41 heavy (non-hydrogen) atoms. The fourth-order valence-corrected chi connectivity index (χ4v) is 6.35. The summed E-state index contributed by atoms with van der Waals surface area (Å²) in [5.74, 6) is 0.776. The van der Waals surface area contributed by atoms with Crippen LogP contribution in [0.4, 0.5) is 5.95 Å². The highest BCUT2D eigenvalue weighted by Gasteiger charge is 2.27. The Bertz CT molecular complexity index is 1590. The number of aryl methyl sites for hydroxylation is 2. The van der Waals surface area contributed by atoms with Crippen LogP contribution in [-0.2, 0) is 11.8 Å². The van der Waals surface area contributed by atoms with Crippen LogP contribution >= 0.6 is 0 Å². The lowest BCUT2D eigenvalue weighted by atomic mass is 9.89. The third-order valence-electron chi connectivity index (χ3n) is 8.60. The number of aromatic nitrogens is 5. The molecule has 1 saturated heterocycles. The summed E-state index contributed by atoms with van der Waals surface area (Å²) in [7, 11) is 1.85. The number of piperidine rings is 1. The quantitative estimate of drug-likeness (QED) is 0.372. The Morgan fingerprint density at radius 2 is 1.76 bits per heavy atom. The topological polar surface area (TPSA) is 118 Å². The molecule has 2 fully saturated rings. The molecule has 10 heteroatoms. The second kappa shape index (κ2) is 11.1. The van der Waals surface area contributed by atoms with Crippen LogP contribution in [0.5, 0.6) is 0 Å². The van der Waals surface area contributed by atoms with Gasteiger partial charge in [-0.15, -0.1) is 0 Å². The van der Waals surface area contributed by atoms with Crippen molar-refractivity contribution < 1.29 is 14.7 Å². The lowest BCUT2D eigenvalue weighted by Crippen LogP contribution is -2.36. The van der Waals surface area contributed by atoms with Gasteiger partial charge in [0.25, 0.3) is 5.91 Å². The molecule has 3 aromatic heterocycles. The van der Waals surface area contributed by atoms with E-state index in [-0.39, 0.29) is 24.0 Å². The Labute approximate surface area is 239 Å². The van der Waals surface area contributed by atoms with E-state index in [1.165, 1.54) is 5.56 Å². The molecule has 1 aliphatic heterocycles. The minimum Gasteiger partial charge on any atom is -0.393 e. The summed E-state index contributed by atoms with van der Waals surface area (Å²) in [6.07, 6.45) is 8.28. The third-order valence-corrected chi connectivity index (χ3v) is 8.60. The van der Waals surface area contributed by atoms with E-state index in [0.717, 1.165) is 73.9 Å². The smallest absolute Gasteiger partial charge is 0.258 e. The number of fused-ring (bicyclic) bond motifs is 1. The van der Waals surface area contributed by atoms with E-state index >= 15 is 0 Å². The zero-order valence-electron chi connectivity index (χ0n) is 23.9. The van der Waals surface area contributed by atoms with Gasteiger partial charge in [-0.3, -0.25) is 24.6 Å². The molecule has 0 bridgehead atoms. The first-order valence-electron chi connectivity index (χ1n) is 14.5. The average Bonchev–Trinajstić information content (AvgIpc) is 3.56. The van der Waals surface area contributed by atoms with Crippen LogP contribution < -0.4 is 5.32 Å². The molecule has 2 amide bonds. The largest absolute Gasteiger partial charge is 0.393 e. The van der Waals surface area contributed by atoms with E-state index in [4.69, 9.17) is 4.98 Å². The number of aliphatic hydroxyl groups excluding tert-OH is 1. The molecule has 6 rings (SSSR count). The number of benzene rings is 1. The van der Waals surface area contributed by atoms with Crippen LogP contribution in [0.3, 0.4) is 0 Å². The number of anilines is 1. The summed E-state index contributed by atoms with van der Waals surface area (Å²) >= 11 is 0. The average molecular weight is 556 g/mol. The lowest BCUT2D eigenvalue weighted by molar-refractivity contribution is -0.129. The van der Waals surface area contributed by atoms with Crippen molar-refractivity contribution in [1.29, 1.82) is 0 Å². The Hall–Kier alpha value is -4.05. The number of likely N-dealkylation sites (tertiary alicyclic amines) is 1. The number of imidazole rings is 1. The molecular formula is C31H37N7O3. The van der Waals surface area contributed by atoms with Gasteiger partial charge in [0.2, 0.25) is 11.9 Å². The van der Waals surface area contributed by atoms with Gasteiger partial charge in [-0.1, -0.05) is 6.07 Å². The lowest BCUT2D eigenvalue weighted by Gasteiger charge is -2.31. The number of hydrogen-bond donors (Lipinski definition) is 2. The maximum Gasteiger partial charge on any atom is 0.258 e. The Morgan fingerprint density at radius 1 is 1.00 bits per heavy atom. The van der Waals surface area contributed by atoms with Crippen molar-refractivity contribution in [2.24, 2.45) is 7.05 Å². The predicted octanol–water partition coefficient (Wildman–Crippen LogP) is 4.59. The van der Waals surface area contributed by atoms with Crippen molar-refractivity contribution in [2.45, 2.75) is 70.4 Å². The van der Waals surface area contributed by atoms with Crippen molar-refractivity contribution in [3.05, 3.63) is 59.5 Å². The van der Waals surface area contributed by atoms with Crippen LogP contribution in [-0.4, -0.2) is 65.3 Å². The summed E-state index contributed by atoms with van der Waals surface area (Å²) in [6.45, 7) is 5.04. The van der Waals surface area contributed by atoms with Crippen molar-refractivity contribution in [3.63, 3.8) is 0 Å². The molecule has 1 saturated carbocycles. The number of aliphatic hydroxyl groups is 1. The summed E-state index contributed by atoms with van der Waals surface area (Å²) in [6, 6.07) is 10.1. The van der Waals surface area contributed by atoms with Crippen molar-refractivity contribution >= 4 is 28.8 Å². The fourth-order valence-electron chi connectivity index (χ4n) is 6.35. The highest BCUT2D eigenvalue weighted by atomic mass is 16.3. The maximum absolute atomic E-state index is 13.6. The number of nitrogens with one attached hydrogen (secondary N) is 1. The number of carbonyl (C=O) groups is 2. The Balaban J connectivity index is 1.32. The fraction of sp³-hybridized carbons (Fsp3) is 0.452. The molecule has 2 N–H and O–H groups in total. The normalized spacial score (nSPS) is 20.0. The Morgan fingerprint density at radius 3 is 2.44 bits per heavy atom. The standard InChI is InChI=1S/C31H37N7O3/c1-19-14-23(16-27(33-19)24-17-32-36(3)18-24)30(41)35-31-34-28-15-22(21-10-12-37(13-11-21)20(2)39)4-9-29(28)38(31)25-5-7-26(40)8-6-25/h4,9,14-18,21,25-26,40H,5-8,10-13H2,1-3H3,(H,34,35,41). The zero-order chi connectivity index (χ0) is 28.7. The SMILES string of the molecule is CC(=O)N1CCC(c2ccc3c(c2)nc(NC(=O)c2cc(C)nc(-c4cnn(C)c4)c2)n3C2CCC(O)CC2)CC1.